The number of carbonyl (C=O) groups is 1. The molecule has 0 radical (unpaired) electrons. The van der Waals surface area contributed by atoms with Crippen molar-refractivity contribution in [1.29, 1.82) is 0 Å². The Morgan fingerprint density at radius 1 is 1.43 bits per heavy atom. The van der Waals surface area contributed by atoms with E-state index in [1.807, 2.05) is 0 Å². The number of hydrogen-bond acceptors (Lipinski definition) is 1. The number of alkyl halides is 2. The summed E-state index contributed by atoms with van der Waals surface area (Å²) in [6.07, 6.45) is -2.03. The Balaban J connectivity index is 2.96. The van der Waals surface area contributed by atoms with Crippen LogP contribution in [-0.2, 0) is 4.79 Å². The highest BCUT2D eigenvalue weighted by molar-refractivity contribution is 5.83. The van der Waals surface area contributed by atoms with E-state index in [1.165, 1.54) is 12.1 Å². The zero-order valence-corrected chi connectivity index (χ0v) is 7.71. The number of carbonyl (C=O) groups excluding carboxylic acids is 1. The van der Waals surface area contributed by atoms with Crippen LogP contribution in [0.25, 0.3) is 0 Å². The Hall–Kier alpha value is -1.45. The third-order valence-corrected chi connectivity index (χ3v) is 2.05. The van der Waals surface area contributed by atoms with Crippen molar-refractivity contribution in [2.24, 2.45) is 5.73 Å². The highest BCUT2D eigenvalue weighted by atomic mass is 19.2. The van der Waals surface area contributed by atoms with Gasteiger partial charge in [0.2, 0.25) is 5.67 Å². The van der Waals surface area contributed by atoms with E-state index in [9.17, 15) is 13.6 Å². The number of rotatable bonds is 3. The molecule has 1 rings (SSSR count). The van der Waals surface area contributed by atoms with Gasteiger partial charge in [0.1, 0.15) is 0 Å². The molecule has 4 heteroatoms. The van der Waals surface area contributed by atoms with Crippen molar-refractivity contribution in [3.05, 3.63) is 35.9 Å². The third-order valence-electron chi connectivity index (χ3n) is 2.05. The monoisotopic (exact) mass is 199 g/mol. The molecule has 1 aromatic rings. The number of primary amides is 1. The SMILES string of the molecule is C[C@@](F)(C(N)=O)[C@H](F)c1ccccc1. The van der Waals surface area contributed by atoms with Crippen LogP contribution in [0.5, 0.6) is 0 Å². The molecule has 14 heavy (non-hydrogen) atoms. The minimum atomic E-state index is -2.67. The number of halogens is 2. The lowest BCUT2D eigenvalue weighted by molar-refractivity contribution is -0.132. The van der Waals surface area contributed by atoms with Crippen LogP contribution >= 0.6 is 0 Å². The van der Waals surface area contributed by atoms with Crippen LogP contribution in [0.4, 0.5) is 8.78 Å². The molecule has 0 aliphatic heterocycles. The molecule has 0 fully saturated rings. The highest BCUT2D eigenvalue weighted by Crippen LogP contribution is 2.32. The minimum absolute atomic E-state index is 0.108. The van der Waals surface area contributed by atoms with E-state index in [0.29, 0.717) is 0 Å². The predicted octanol–water partition coefficient (Wildman–Crippen LogP) is 1.91. The second kappa shape index (κ2) is 3.74. The minimum Gasteiger partial charge on any atom is -0.367 e. The van der Waals surface area contributed by atoms with E-state index in [-0.39, 0.29) is 5.56 Å². The standard InChI is InChI=1S/C10H11F2NO/c1-10(12,9(13)14)8(11)7-5-3-2-4-6-7/h2-6,8H,1H3,(H2,13,14)/t8-,10+/m1/s1. The van der Waals surface area contributed by atoms with Crippen molar-refractivity contribution >= 4 is 5.91 Å². The van der Waals surface area contributed by atoms with Gasteiger partial charge in [-0.05, 0) is 12.5 Å². The van der Waals surface area contributed by atoms with Gasteiger partial charge in [0.05, 0.1) is 0 Å². The van der Waals surface area contributed by atoms with Gasteiger partial charge in [0.15, 0.2) is 6.17 Å². The summed E-state index contributed by atoms with van der Waals surface area (Å²) < 4.78 is 26.9. The summed E-state index contributed by atoms with van der Waals surface area (Å²) in [5, 5.41) is 0. The quantitative estimate of drug-likeness (QED) is 0.793. The van der Waals surface area contributed by atoms with Crippen LogP contribution in [0.1, 0.15) is 18.7 Å². The maximum absolute atomic E-state index is 13.5. The number of benzene rings is 1. The molecule has 0 saturated carbocycles. The first kappa shape index (κ1) is 10.6. The summed E-state index contributed by atoms with van der Waals surface area (Å²) in [5.74, 6) is -1.30. The van der Waals surface area contributed by atoms with Crippen LogP contribution in [0.15, 0.2) is 30.3 Å². The number of hydrogen-bond donors (Lipinski definition) is 1. The maximum atomic E-state index is 13.5. The molecule has 0 saturated heterocycles. The van der Waals surface area contributed by atoms with Gasteiger partial charge in [-0.3, -0.25) is 4.79 Å². The first-order valence-corrected chi connectivity index (χ1v) is 4.14. The largest absolute Gasteiger partial charge is 0.367 e. The van der Waals surface area contributed by atoms with Crippen LogP contribution in [0.2, 0.25) is 0 Å². The van der Waals surface area contributed by atoms with Crippen LogP contribution < -0.4 is 5.73 Å². The Morgan fingerprint density at radius 3 is 2.36 bits per heavy atom. The molecule has 1 amide bonds. The molecule has 1 aromatic carbocycles. The Morgan fingerprint density at radius 2 is 1.93 bits per heavy atom. The van der Waals surface area contributed by atoms with E-state index in [2.05, 4.69) is 0 Å². The van der Waals surface area contributed by atoms with Crippen molar-refractivity contribution in [1.82, 2.24) is 0 Å². The molecule has 0 bridgehead atoms. The van der Waals surface area contributed by atoms with E-state index in [1.54, 1.807) is 18.2 Å². The zero-order valence-electron chi connectivity index (χ0n) is 7.71. The van der Waals surface area contributed by atoms with Crippen LogP contribution in [0.3, 0.4) is 0 Å². The average Bonchev–Trinajstić information content (AvgIpc) is 2.17. The summed E-state index contributed by atoms with van der Waals surface area (Å²) in [6, 6.07) is 7.63. The Kier molecular flexibility index (Phi) is 2.84. The molecule has 0 aliphatic carbocycles. The highest BCUT2D eigenvalue weighted by Gasteiger charge is 2.41. The summed E-state index contributed by atoms with van der Waals surface area (Å²) >= 11 is 0. The lowest BCUT2D eigenvalue weighted by atomic mass is 9.95. The molecule has 2 atom stereocenters. The number of nitrogens with two attached hydrogens (primary N) is 1. The van der Waals surface area contributed by atoms with Crippen molar-refractivity contribution in [3.63, 3.8) is 0 Å². The van der Waals surface area contributed by atoms with Gasteiger partial charge in [-0.2, -0.15) is 0 Å². The summed E-state index contributed by atoms with van der Waals surface area (Å²) in [7, 11) is 0. The fourth-order valence-electron chi connectivity index (χ4n) is 1.06. The second-order valence-electron chi connectivity index (χ2n) is 3.21. The lowest BCUT2D eigenvalue weighted by Crippen LogP contribution is -2.40. The first-order valence-electron chi connectivity index (χ1n) is 4.14. The molecule has 0 aromatic heterocycles. The molecule has 0 spiro atoms. The topological polar surface area (TPSA) is 43.1 Å². The van der Waals surface area contributed by atoms with Crippen molar-refractivity contribution in [3.8, 4) is 0 Å². The molecule has 0 aliphatic rings. The fourth-order valence-corrected chi connectivity index (χ4v) is 1.06. The molecule has 76 valence electrons. The van der Waals surface area contributed by atoms with Crippen molar-refractivity contribution in [2.45, 2.75) is 18.8 Å². The third kappa shape index (κ3) is 1.89. The van der Waals surface area contributed by atoms with E-state index >= 15 is 0 Å². The molecule has 2 nitrogen and oxygen atoms in total. The Bertz CT molecular complexity index is 324. The van der Waals surface area contributed by atoms with Crippen LogP contribution in [-0.4, -0.2) is 11.6 Å². The predicted molar refractivity (Wildman–Crippen MR) is 49.0 cm³/mol. The summed E-state index contributed by atoms with van der Waals surface area (Å²) in [6.45, 7) is 0.840. The second-order valence-corrected chi connectivity index (χ2v) is 3.21. The number of amides is 1. The van der Waals surface area contributed by atoms with Crippen LogP contribution in [0, 0.1) is 0 Å². The van der Waals surface area contributed by atoms with Gasteiger partial charge in [0.25, 0.3) is 5.91 Å². The molecular weight excluding hydrogens is 188 g/mol. The van der Waals surface area contributed by atoms with E-state index in [4.69, 9.17) is 5.73 Å². The van der Waals surface area contributed by atoms with Gasteiger partial charge in [-0.1, -0.05) is 30.3 Å². The smallest absolute Gasteiger partial charge is 0.258 e. The first-order chi connectivity index (χ1) is 6.46. The van der Waals surface area contributed by atoms with Gasteiger partial charge in [0, 0.05) is 0 Å². The van der Waals surface area contributed by atoms with Crippen molar-refractivity contribution in [2.75, 3.05) is 0 Å². The van der Waals surface area contributed by atoms with Crippen molar-refractivity contribution < 1.29 is 13.6 Å². The normalized spacial score (nSPS) is 17.1. The molecular formula is C10H11F2NO. The molecule has 0 unspecified atom stereocenters. The molecule has 2 N–H and O–H groups in total. The van der Waals surface area contributed by atoms with Gasteiger partial charge in [-0.25, -0.2) is 8.78 Å². The fraction of sp³-hybridized carbons (Fsp3) is 0.300. The maximum Gasteiger partial charge on any atom is 0.258 e. The zero-order chi connectivity index (χ0) is 10.8. The molecule has 0 heterocycles. The summed E-state index contributed by atoms with van der Waals surface area (Å²) in [5.41, 5.74) is 2.20. The average molecular weight is 199 g/mol. The Labute approximate surface area is 80.7 Å². The van der Waals surface area contributed by atoms with Gasteiger partial charge >= 0.3 is 0 Å². The lowest BCUT2D eigenvalue weighted by Gasteiger charge is -2.20. The summed E-state index contributed by atoms with van der Waals surface area (Å²) in [4.78, 5) is 10.6. The van der Waals surface area contributed by atoms with Gasteiger partial charge in [-0.15, -0.1) is 0 Å². The van der Waals surface area contributed by atoms with E-state index in [0.717, 1.165) is 6.92 Å². The van der Waals surface area contributed by atoms with E-state index < -0.39 is 17.7 Å². The van der Waals surface area contributed by atoms with Gasteiger partial charge < -0.3 is 5.73 Å².